The summed E-state index contributed by atoms with van der Waals surface area (Å²) < 4.78 is 18.6. The van der Waals surface area contributed by atoms with E-state index in [1.165, 1.54) is 18.2 Å². The van der Waals surface area contributed by atoms with Crippen LogP contribution in [0.25, 0.3) is 6.08 Å². The summed E-state index contributed by atoms with van der Waals surface area (Å²) in [5.41, 5.74) is 3.02. The van der Waals surface area contributed by atoms with Crippen LogP contribution in [-0.4, -0.2) is 5.91 Å². The molecule has 150 valence electrons. The van der Waals surface area contributed by atoms with E-state index in [0.717, 1.165) is 11.1 Å². The number of carbonyl (C=O) groups is 1. The average Bonchev–Trinajstić information content (AvgIpc) is 2.74. The number of halogens is 2. The van der Waals surface area contributed by atoms with Gasteiger partial charge in [-0.15, -0.1) is 0 Å². The average molecular weight is 421 g/mol. The lowest BCUT2D eigenvalue weighted by atomic mass is 10.1. The van der Waals surface area contributed by atoms with Crippen LogP contribution in [0.4, 0.5) is 10.1 Å². The Kier molecular flexibility index (Phi) is 6.84. The van der Waals surface area contributed by atoms with E-state index in [4.69, 9.17) is 16.3 Å². The second-order valence-corrected chi connectivity index (χ2v) is 7.00. The van der Waals surface area contributed by atoms with Gasteiger partial charge in [0.05, 0.1) is 5.02 Å². The van der Waals surface area contributed by atoms with E-state index in [-0.39, 0.29) is 18.0 Å². The molecule has 0 aliphatic heterocycles. The number of rotatable bonds is 6. The summed E-state index contributed by atoms with van der Waals surface area (Å²) in [5.74, 6) is -0.373. The third-order valence-corrected chi connectivity index (χ3v) is 4.54. The zero-order valence-electron chi connectivity index (χ0n) is 16.2. The van der Waals surface area contributed by atoms with Crippen LogP contribution in [0.2, 0.25) is 5.02 Å². The van der Waals surface area contributed by atoms with Gasteiger partial charge < -0.3 is 10.1 Å². The second-order valence-electron chi connectivity index (χ2n) is 6.59. The van der Waals surface area contributed by atoms with Gasteiger partial charge in [0.2, 0.25) is 0 Å². The minimum Gasteiger partial charge on any atom is -0.487 e. The highest BCUT2D eigenvalue weighted by molar-refractivity contribution is 6.32. The van der Waals surface area contributed by atoms with Crippen LogP contribution in [0.3, 0.4) is 0 Å². The number of nitrogens with one attached hydrogen (secondary N) is 1. The van der Waals surface area contributed by atoms with Crippen molar-refractivity contribution in [1.82, 2.24) is 0 Å². The number of hydrogen-bond donors (Lipinski definition) is 1. The molecule has 4 nitrogen and oxygen atoms in total. The van der Waals surface area contributed by atoms with Crippen LogP contribution >= 0.6 is 11.6 Å². The Morgan fingerprint density at radius 2 is 1.83 bits per heavy atom. The molecule has 0 bridgehead atoms. The fourth-order valence-electron chi connectivity index (χ4n) is 2.62. The van der Waals surface area contributed by atoms with E-state index >= 15 is 0 Å². The number of benzene rings is 3. The van der Waals surface area contributed by atoms with Gasteiger partial charge >= 0.3 is 0 Å². The number of aryl methyl sites for hydroxylation is 1. The minimum absolute atomic E-state index is 0.0494. The van der Waals surface area contributed by atoms with Gasteiger partial charge in [-0.3, -0.25) is 4.79 Å². The number of carbonyl (C=O) groups excluding carboxylic acids is 1. The summed E-state index contributed by atoms with van der Waals surface area (Å²) in [6, 6.07) is 20.1. The number of amides is 1. The molecule has 1 N–H and O–H groups in total. The van der Waals surface area contributed by atoms with Crippen LogP contribution in [-0.2, 0) is 11.4 Å². The Balaban J connectivity index is 1.69. The minimum atomic E-state index is -0.505. The molecule has 0 radical (unpaired) electrons. The summed E-state index contributed by atoms with van der Waals surface area (Å²) in [5, 5.41) is 12.4. The lowest BCUT2D eigenvalue weighted by Gasteiger charge is -2.09. The molecular weight excluding hydrogens is 403 g/mol. The molecule has 3 aromatic rings. The summed E-state index contributed by atoms with van der Waals surface area (Å²) in [7, 11) is 0. The van der Waals surface area contributed by atoms with Gasteiger partial charge in [-0.25, -0.2) is 4.39 Å². The van der Waals surface area contributed by atoms with Crippen molar-refractivity contribution in [2.45, 2.75) is 13.5 Å². The van der Waals surface area contributed by atoms with Crippen LogP contribution in [0, 0.1) is 24.1 Å². The van der Waals surface area contributed by atoms with Crippen molar-refractivity contribution in [3.05, 3.63) is 99.8 Å². The van der Waals surface area contributed by atoms with Gasteiger partial charge in [0.1, 0.15) is 29.8 Å². The fraction of sp³-hybridized carbons (Fsp3) is 0.0833. The first kappa shape index (κ1) is 21.1. The number of ether oxygens (including phenoxy) is 1. The molecule has 0 fully saturated rings. The zero-order chi connectivity index (χ0) is 21.5. The van der Waals surface area contributed by atoms with E-state index < -0.39 is 5.91 Å². The molecule has 0 aromatic heterocycles. The molecule has 0 heterocycles. The van der Waals surface area contributed by atoms with Gasteiger partial charge in [-0.05, 0) is 60.5 Å². The Hall–Kier alpha value is -3.62. The van der Waals surface area contributed by atoms with Crippen molar-refractivity contribution in [2.24, 2.45) is 0 Å². The third-order valence-electron chi connectivity index (χ3n) is 4.25. The van der Waals surface area contributed by atoms with Crippen LogP contribution in [0.1, 0.15) is 16.7 Å². The molecule has 3 aromatic carbocycles. The van der Waals surface area contributed by atoms with Crippen molar-refractivity contribution in [2.75, 3.05) is 5.32 Å². The first-order valence-electron chi connectivity index (χ1n) is 9.11. The van der Waals surface area contributed by atoms with Gasteiger partial charge in [0, 0.05) is 5.69 Å². The predicted molar refractivity (Wildman–Crippen MR) is 116 cm³/mol. The Morgan fingerprint density at radius 3 is 2.47 bits per heavy atom. The molecule has 0 spiro atoms. The molecular formula is C24H18ClFN2O2. The maximum absolute atomic E-state index is 13.0. The summed E-state index contributed by atoms with van der Waals surface area (Å²) in [4.78, 5) is 12.4. The lowest BCUT2D eigenvalue weighted by Crippen LogP contribution is -2.13. The van der Waals surface area contributed by atoms with Crippen LogP contribution in [0.15, 0.2) is 72.3 Å². The van der Waals surface area contributed by atoms with Crippen LogP contribution < -0.4 is 10.1 Å². The first-order valence-corrected chi connectivity index (χ1v) is 9.49. The smallest absolute Gasteiger partial charge is 0.266 e. The van der Waals surface area contributed by atoms with Crippen molar-refractivity contribution in [3.8, 4) is 11.8 Å². The number of nitriles is 1. The SMILES string of the molecule is Cc1ccc(NC(=O)/C(C#N)=C/c2ccc(OCc3ccc(F)cc3)c(Cl)c2)cc1. The quantitative estimate of drug-likeness (QED) is 0.398. The highest BCUT2D eigenvalue weighted by Gasteiger charge is 2.11. The fourth-order valence-corrected chi connectivity index (χ4v) is 2.86. The van der Waals surface area contributed by atoms with Gasteiger partial charge in [0.25, 0.3) is 5.91 Å². The van der Waals surface area contributed by atoms with Crippen molar-refractivity contribution in [3.63, 3.8) is 0 Å². The third kappa shape index (κ3) is 5.69. The Bertz CT molecular complexity index is 1120. The van der Waals surface area contributed by atoms with Gasteiger partial charge in [-0.1, -0.05) is 47.5 Å². The second kappa shape index (κ2) is 9.73. The molecule has 3 rings (SSSR count). The number of hydrogen-bond acceptors (Lipinski definition) is 3. The standard InChI is InChI=1S/C24H18ClFN2O2/c1-16-2-9-21(10-3-16)28-24(29)19(14-27)12-18-6-11-23(22(25)13-18)30-15-17-4-7-20(26)8-5-17/h2-13H,15H2,1H3,(H,28,29)/b19-12+. The topological polar surface area (TPSA) is 62.1 Å². The van der Waals surface area contributed by atoms with E-state index in [2.05, 4.69) is 5.32 Å². The molecule has 0 aliphatic carbocycles. The van der Waals surface area contributed by atoms with Crippen molar-refractivity contribution >= 4 is 29.3 Å². The summed E-state index contributed by atoms with van der Waals surface area (Å²) >= 11 is 6.27. The van der Waals surface area contributed by atoms with E-state index in [0.29, 0.717) is 22.0 Å². The molecule has 0 saturated heterocycles. The molecule has 0 saturated carbocycles. The maximum Gasteiger partial charge on any atom is 0.266 e. The normalized spacial score (nSPS) is 10.9. The maximum atomic E-state index is 13.0. The van der Waals surface area contributed by atoms with E-state index in [1.54, 1.807) is 42.5 Å². The molecule has 30 heavy (non-hydrogen) atoms. The van der Waals surface area contributed by atoms with E-state index in [9.17, 15) is 14.4 Å². The largest absolute Gasteiger partial charge is 0.487 e. The van der Waals surface area contributed by atoms with Crippen molar-refractivity contribution in [1.29, 1.82) is 5.26 Å². The summed E-state index contributed by atoms with van der Waals surface area (Å²) in [6.45, 7) is 2.18. The number of nitrogens with zero attached hydrogens (tertiary/aromatic N) is 1. The molecule has 0 aliphatic rings. The van der Waals surface area contributed by atoms with Crippen LogP contribution in [0.5, 0.6) is 5.75 Å². The predicted octanol–water partition coefficient (Wildman–Crippen LogP) is 5.91. The zero-order valence-corrected chi connectivity index (χ0v) is 16.9. The van der Waals surface area contributed by atoms with E-state index in [1.807, 2.05) is 25.1 Å². The Morgan fingerprint density at radius 1 is 1.13 bits per heavy atom. The molecule has 6 heteroatoms. The van der Waals surface area contributed by atoms with Gasteiger partial charge in [0.15, 0.2) is 0 Å². The number of anilines is 1. The van der Waals surface area contributed by atoms with Crippen molar-refractivity contribution < 1.29 is 13.9 Å². The highest BCUT2D eigenvalue weighted by atomic mass is 35.5. The van der Waals surface area contributed by atoms with Gasteiger partial charge in [-0.2, -0.15) is 5.26 Å². The molecule has 0 unspecified atom stereocenters. The molecule has 1 amide bonds. The molecule has 0 atom stereocenters. The summed E-state index contributed by atoms with van der Waals surface area (Å²) in [6.07, 6.45) is 1.46. The highest BCUT2D eigenvalue weighted by Crippen LogP contribution is 2.27. The Labute approximate surface area is 179 Å². The monoisotopic (exact) mass is 420 g/mol. The lowest BCUT2D eigenvalue weighted by molar-refractivity contribution is -0.112. The first-order chi connectivity index (χ1) is 14.4.